The van der Waals surface area contributed by atoms with Crippen molar-refractivity contribution in [2.45, 2.75) is 31.7 Å². The van der Waals surface area contributed by atoms with Gasteiger partial charge in [-0.25, -0.2) is 9.59 Å². The van der Waals surface area contributed by atoms with Crippen molar-refractivity contribution in [3.8, 4) is 5.75 Å². The second kappa shape index (κ2) is 9.81. The highest BCUT2D eigenvalue weighted by Crippen LogP contribution is 2.47. The molecule has 1 N–H and O–H groups in total. The number of hydrogen-bond acceptors (Lipinski definition) is 7. The molecule has 2 aromatic rings. The van der Waals surface area contributed by atoms with Gasteiger partial charge in [0.25, 0.3) is 17.5 Å². The third kappa shape index (κ3) is 4.90. The summed E-state index contributed by atoms with van der Waals surface area (Å²) in [4.78, 5) is 62.3. The molecule has 2 bridgehead atoms. The number of nitrogens with one attached hydrogen (secondary N) is 1. The lowest BCUT2D eigenvalue weighted by Gasteiger charge is -2.35. The van der Waals surface area contributed by atoms with Crippen LogP contribution in [0.5, 0.6) is 5.75 Å². The molecule has 5 rings (SSSR count). The molecule has 1 aliphatic heterocycles. The SMILES string of the molecule is O=C(/C=C/c1ccc([N+](=O)[O-])cc1)Oc1ccccc1/C=C1/C(=O)NC(=O)N([C@@H]2C[C@H]3CC[C@H]2C3)C1=O. The van der Waals surface area contributed by atoms with E-state index in [9.17, 15) is 29.3 Å². The van der Waals surface area contributed by atoms with Crippen LogP contribution in [0.4, 0.5) is 10.5 Å². The molecule has 0 aromatic heterocycles. The van der Waals surface area contributed by atoms with Crippen LogP contribution in [-0.4, -0.2) is 39.7 Å². The van der Waals surface area contributed by atoms with E-state index in [2.05, 4.69) is 5.32 Å². The van der Waals surface area contributed by atoms with Crippen molar-refractivity contribution in [2.24, 2.45) is 11.8 Å². The predicted octanol–water partition coefficient (Wildman–Crippen LogP) is 3.86. The zero-order valence-corrected chi connectivity index (χ0v) is 19.7. The van der Waals surface area contributed by atoms with E-state index in [0.717, 1.165) is 25.7 Å². The quantitative estimate of drug-likeness (QED) is 0.158. The fourth-order valence-electron chi connectivity index (χ4n) is 5.36. The summed E-state index contributed by atoms with van der Waals surface area (Å²) >= 11 is 0. The molecule has 4 amide bonds. The number of barbiturate groups is 1. The fraction of sp³-hybridized carbons (Fsp3) is 0.259. The Kier molecular flexibility index (Phi) is 6.39. The summed E-state index contributed by atoms with van der Waals surface area (Å²) in [5, 5.41) is 13.0. The Morgan fingerprint density at radius 1 is 1.05 bits per heavy atom. The molecule has 37 heavy (non-hydrogen) atoms. The molecule has 3 aliphatic rings. The lowest BCUT2D eigenvalue weighted by atomic mass is 9.93. The van der Waals surface area contributed by atoms with E-state index in [1.165, 1.54) is 53.5 Å². The minimum atomic E-state index is -0.798. The summed E-state index contributed by atoms with van der Waals surface area (Å²) in [5.41, 5.74) is 0.615. The van der Waals surface area contributed by atoms with Crippen LogP contribution < -0.4 is 10.1 Å². The highest BCUT2D eigenvalue weighted by Gasteiger charge is 2.49. The van der Waals surface area contributed by atoms with Crippen LogP contribution in [0.2, 0.25) is 0 Å². The lowest BCUT2D eigenvalue weighted by Crippen LogP contribution is -2.58. The summed E-state index contributed by atoms with van der Waals surface area (Å²) in [5.74, 6) is -1.29. The minimum absolute atomic E-state index is 0.0660. The average Bonchev–Trinajstić information content (AvgIpc) is 3.50. The third-order valence-electron chi connectivity index (χ3n) is 7.11. The number of nitro benzene ring substituents is 1. The van der Waals surface area contributed by atoms with Gasteiger partial charge < -0.3 is 4.74 Å². The van der Waals surface area contributed by atoms with Crippen molar-refractivity contribution in [3.05, 3.63) is 81.4 Å². The van der Waals surface area contributed by atoms with E-state index in [1.807, 2.05) is 0 Å². The molecular weight excluding hydrogens is 478 g/mol. The van der Waals surface area contributed by atoms with Crippen molar-refractivity contribution in [1.29, 1.82) is 0 Å². The normalized spacial score (nSPS) is 24.1. The van der Waals surface area contributed by atoms with E-state index >= 15 is 0 Å². The molecule has 1 heterocycles. The molecule has 10 nitrogen and oxygen atoms in total. The maximum atomic E-state index is 13.3. The molecule has 2 aliphatic carbocycles. The van der Waals surface area contributed by atoms with Crippen LogP contribution in [0.3, 0.4) is 0 Å². The van der Waals surface area contributed by atoms with E-state index in [1.54, 1.807) is 18.2 Å². The molecule has 2 saturated carbocycles. The smallest absolute Gasteiger partial charge is 0.336 e. The van der Waals surface area contributed by atoms with Gasteiger partial charge in [0, 0.05) is 29.8 Å². The molecule has 1 saturated heterocycles. The first-order chi connectivity index (χ1) is 17.8. The number of imide groups is 2. The van der Waals surface area contributed by atoms with Gasteiger partial charge in [-0.2, -0.15) is 0 Å². The van der Waals surface area contributed by atoms with Gasteiger partial charge in [0.15, 0.2) is 0 Å². The molecule has 10 heteroatoms. The van der Waals surface area contributed by atoms with E-state index in [0.29, 0.717) is 17.0 Å². The topological polar surface area (TPSA) is 136 Å². The second-order valence-electron chi connectivity index (χ2n) is 9.38. The van der Waals surface area contributed by atoms with Crippen LogP contribution >= 0.6 is 0 Å². The minimum Gasteiger partial charge on any atom is -0.423 e. The van der Waals surface area contributed by atoms with Gasteiger partial charge in [-0.15, -0.1) is 0 Å². The standard InChI is InChI=1S/C27H23N3O7/c31-24(12-8-16-6-10-20(11-7-16)30(35)36)37-23-4-2-1-3-19(23)15-21-25(32)28-27(34)29(26(21)33)22-14-17-5-9-18(22)13-17/h1-4,6-8,10-12,15,17-18,22H,5,9,13-14H2,(H,28,32,34)/b12-8+,21-15-/t17-,18-,22+/m0/s1. The first kappa shape index (κ1) is 24.1. The number of nitro groups is 1. The monoisotopic (exact) mass is 501 g/mol. The first-order valence-corrected chi connectivity index (χ1v) is 11.9. The molecular formula is C27H23N3O7. The third-order valence-corrected chi connectivity index (χ3v) is 7.11. The number of hydrogen-bond donors (Lipinski definition) is 1. The molecule has 0 radical (unpaired) electrons. The van der Waals surface area contributed by atoms with Crippen molar-refractivity contribution in [3.63, 3.8) is 0 Å². The van der Waals surface area contributed by atoms with Crippen LogP contribution in [0, 0.1) is 22.0 Å². The fourth-order valence-corrected chi connectivity index (χ4v) is 5.36. The number of rotatable bonds is 6. The highest BCUT2D eigenvalue weighted by molar-refractivity contribution is 6.31. The number of amides is 4. The summed E-state index contributed by atoms with van der Waals surface area (Å²) < 4.78 is 5.43. The van der Waals surface area contributed by atoms with Gasteiger partial charge in [-0.1, -0.05) is 24.6 Å². The van der Waals surface area contributed by atoms with Crippen LogP contribution in [0.15, 0.2) is 60.2 Å². The van der Waals surface area contributed by atoms with Crippen LogP contribution in [-0.2, 0) is 14.4 Å². The van der Waals surface area contributed by atoms with Crippen LogP contribution in [0.1, 0.15) is 36.8 Å². The van der Waals surface area contributed by atoms with Gasteiger partial charge in [-0.05, 0) is 67.0 Å². The summed E-state index contributed by atoms with van der Waals surface area (Å²) in [7, 11) is 0. The number of ether oxygens (including phenoxy) is 1. The number of nitrogens with zero attached hydrogens (tertiary/aromatic N) is 2. The maximum Gasteiger partial charge on any atom is 0.336 e. The second-order valence-corrected chi connectivity index (χ2v) is 9.38. The van der Waals surface area contributed by atoms with E-state index in [4.69, 9.17) is 4.74 Å². The van der Waals surface area contributed by atoms with E-state index in [-0.39, 0.29) is 29.0 Å². The van der Waals surface area contributed by atoms with Gasteiger partial charge in [0.1, 0.15) is 11.3 Å². The summed E-state index contributed by atoms with van der Waals surface area (Å²) in [6.07, 6.45) is 7.74. The van der Waals surface area contributed by atoms with Gasteiger partial charge in [0.05, 0.1) is 4.92 Å². The van der Waals surface area contributed by atoms with Crippen molar-refractivity contribution >= 4 is 41.7 Å². The largest absolute Gasteiger partial charge is 0.423 e. The number of fused-ring (bicyclic) bond motifs is 2. The number of carbonyl (C=O) groups excluding carboxylic acids is 4. The predicted molar refractivity (Wildman–Crippen MR) is 132 cm³/mol. The van der Waals surface area contributed by atoms with Crippen molar-refractivity contribution in [2.75, 3.05) is 0 Å². The maximum absolute atomic E-state index is 13.3. The van der Waals surface area contributed by atoms with Gasteiger partial charge in [-0.3, -0.25) is 29.9 Å². The van der Waals surface area contributed by atoms with Crippen molar-refractivity contribution in [1.82, 2.24) is 10.2 Å². The first-order valence-electron chi connectivity index (χ1n) is 11.9. The number of benzene rings is 2. The number of esters is 1. The molecule has 3 atom stereocenters. The number of non-ortho nitro benzene ring substituents is 1. The Bertz CT molecular complexity index is 1360. The Morgan fingerprint density at radius 2 is 1.81 bits per heavy atom. The highest BCUT2D eigenvalue weighted by atomic mass is 16.6. The van der Waals surface area contributed by atoms with Gasteiger partial charge >= 0.3 is 12.0 Å². The Hall–Kier alpha value is -4.60. The van der Waals surface area contributed by atoms with E-state index < -0.39 is 28.7 Å². The Morgan fingerprint density at radius 3 is 2.49 bits per heavy atom. The summed E-state index contributed by atoms with van der Waals surface area (Å²) in [6, 6.07) is 11.1. The summed E-state index contributed by atoms with van der Waals surface area (Å²) in [6.45, 7) is 0. The zero-order chi connectivity index (χ0) is 26.1. The molecule has 0 unspecified atom stereocenters. The Labute approximate surface area is 211 Å². The number of urea groups is 1. The molecule has 188 valence electrons. The lowest BCUT2D eigenvalue weighted by molar-refractivity contribution is -0.384. The average molecular weight is 501 g/mol. The van der Waals surface area contributed by atoms with Crippen LogP contribution in [0.25, 0.3) is 12.2 Å². The zero-order valence-electron chi connectivity index (χ0n) is 19.7. The Balaban J connectivity index is 1.34. The molecule has 0 spiro atoms. The molecule has 3 fully saturated rings. The number of para-hydroxylation sites is 1. The van der Waals surface area contributed by atoms with Gasteiger partial charge in [0.2, 0.25) is 0 Å². The molecule has 2 aromatic carbocycles. The number of carbonyl (C=O) groups is 4. The van der Waals surface area contributed by atoms with Crippen molar-refractivity contribution < 1.29 is 28.8 Å².